The lowest BCUT2D eigenvalue weighted by atomic mass is 10.2. The average Bonchev–Trinajstić information content (AvgIpc) is 2.27. The molecule has 0 spiro atoms. The van der Waals surface area contributed by atoms with Crippen LogP contribution in [-0.2, 0) is 0 Å². The summed E-state index contributed by atoms with van der Waals surface area (Å²) in [4.78, 5) is 11.8. The molecule has 0 radical (unpaired) electrons. The predicted octanol–water partition coefficient (Wildman–Crippen LogP) is 1.92. The van der Waals surface area contributed by atoms with Gasteiger partial charge in [-0.05, 0) is 47.8 Å². The summed E-state index contributed by atoms with van der Waals surface area (Å²) in [6, 6.07) is 5.18. The van der Waals surface area contributed by atoms with Crippen LogP contribution in [0.1, 0.15) is 30.1 Å². The number of aliphatic hydroxyl groups is 1. The monoisotopic (exact) mass is 300 g/mol. The molecule has 0 heterocycles. The molecule has 0 fully saturated rings. The standard InChI is InChI=1S/C12H17BrN2O2/c1-8(16)4-3-7-15-12(17)9-5-2-6-10(14)11(9)13/h2,5-6,8,16H,3-4,7,14H2,1H3,(H,15,17). The van der Waals surface area contributed by atoms with Crippen LogP contribution in [0.3, 0.4) is 0 Å². The number of nitrogens with one attached hydrogen (secondary N) is 1. The molecule has 1 amide bonds. The van der Waals surface area contributed by atoms with E-state index in [1.54, 1.807) is 25.1 Å². The first-order valence-corrected chi connectivity index (χ1v) is 6.32. The number of carbonyl (C=O) groups excluding carboxylic acids is 1. The van der Waals surface area contributed by atoms with E-state index in [-0.39, 0.29) is 12.0 Å². The normalized spacial score (nSPS) is 12.2. The van der Waals surface area contributed by atoms with Gasteiger partial charge in [0, 0.05) is 12.2 Å². The number of hydrogen-bond donors (Lipinski definition) is 3. The number of amides is 1. The van der Waals surface area contributed by atoms with Crippen LogP contribution in [-0.4, -0.2) is 23.7 Å². The minimum atomic E-state index is -0.328. The number of benzene rings is 1. The van der Waals surface area contributed by atoms with Crippen molar-refractivity contribution >= 4 is 27.5 Å². The first-order chi connectivity index (χ1) is 8.02. The molecule has 17 heavy (non-hydrogen) atoms. The van der Waals surface area contributed by atoms with Gasteiger partial charge in [0.15, 0.2) is 0 Å². The molecule has 4 nitrogen and oxygen atoms in total. The van der Waals surface area contributed by atoms with Gasteiger partial charge in [-0.15, -0.1) is 0 Å². The zero-order chi connectivity index (χ0) is 12.8. The number of nitrogens with two attached hydrogens (primary N) is 1. The fourth-order valence-corrected chi connectivity index (χ4v) is 1.86. The lowest BCUT2D eigenvalue weighted by molar-refractivity contribution is 0.0949. The Balaban J connectivity index is 2.50. The van der Waals surface area contributed by atoms with Crippen LogP contribution in [0.15, 0.2) is 22.7 Å². The Hall–Kier alpha value is -1.07. The molecule has 1 aromatic carbocycles. The van der Waals surface area contributed by atoms with Crippen LogP contribution in [0, 0.1) is 0 Å². The van der Waals surface area contributed by atoms with E-state index in [2.05, 4.69) is 21.2 Å². The molecular formula is C12H17BrN2O2. The van der Waals surface area contributed by atoms with Crippen molar-refractivity contribution in [3.63, 3.8) is 0 Å². The summed E-state index contributed by atoms with van der Waals surface area (Å²) in [7, 11) is 0. The Morgan fingerprint density at radius 1 is 1.59 bits per heavy atom. The third kappa shape index (κ3) is 4.36. The van der Waals surface area contributed by atoms with Gasteiger partial charge in [-0.1, -0.05) is 6.07 Å². The minimum absolute atomic E-state index is 0.158. The molecule has 5 heteroatoms. The molecule has 0 saturated heterocycles. The van der Waals surface area contributed by atoms with E-state index in [9.17, 15) is 4.79 Å². The van der Waals surface area contributed by atoms with E-state index in [0.717, 1.165) is 6.42 Å². The molecule has 1 atom stereocenters. The van der Waals surface area contributed by atoms with Crippen LogP contribution in [0.25, 0.3) is 0 Å². The zero-order valence-electron chi connectivity index (χ0n) is 9.74. The number of carbonyl (C=O) groups is 1. The smallest absolute Gasteiger partial charge is 0.252 e. The van der Waals surface area contributed by atoms with E-state index in [1.807, 2.05) is 0 Å². The summed E-state index contributed by atoms with van der Waals surface area (Å²) >= 11 is 3.29. The Bertz CT molecular complexity index is 394. The lowest BCUT2D eigenvalue weighted by Gasteiger charge is -2.08. The quantitative estimate of drug-likeness (QED) is 0.574. The highest BCUT2D eigenvalue weighted by molar-refractivity contribution is 9.10. The summed E-state index contributed by atoms with van der Waals surface area (Å²) in [5.74, 6) is -0.158. The van der Waals surface area contributed by atoms with Crippen LogP contribution >= 0.6 is 15.9 Å². The van der Waals surface area contributed by atoms with Crippen molar-refractivity contribution in [1.82, 2.24) is 5.32 Å². The molecular weight excluding hydrogens is 284 g/mol. The summed E-state index contributed by atoms with van der Waals surface area (Å²) < 4.78 is 0.619. The van der Waals surface area contributed by atoms with E-state index in [1.165, 1.54) is 0 Å². The van der Waals surface area contributed by atoms with E-state index in [0.29, 0.717) is 28.7 Å². The minimum Gasteiger partial charge on any atom is -0.398 e. The van der Waals surface area contributed by atoms with Gasteiger partial charge in [0.2, 0.25) is 0 Å². The second-order valence-electron chi connectivity index (χ2n) is 3.96. The highest BCUT2D eigenvalue weighted by atomic mass is 79.9. The van der Waals surface area contributed by atoms with Crippen molar-refractivity contribution in [3.8, 4) is 0 Å². The van der Waals surface area contributed by atoms with Crippen molar-refractivity contribution in [2.45, 2.75) is 25.9 Å². The highest BCUT2D eigenvalue weighted by Crippen LogP contribution is 2.23. The molecule has 4 N–H and O–H groups in total. The van der Waals surface area contributed by atoms with Crippen molar-refractivity contribution in [1.29, 1.82) is 0 Å². The Labute approximate surface area is 109 Å². The molecule has 0 aliphatic carbocycles. The van der Waals surface area contributed by atoms with Gasteiger partial charge in [-0.2, -0.15) is 0 Å². The molecule has 0 aliphatic rings. The Morgan fingerprint density at radius 2 is 2.29 bits per heavy atom. The van der Waals surface area contributed by atoms with Gasteiger partial charge in [0.1, 0.15) is 0 Å². The van der Waals surface area contributed by atoms with Gasteiger partial charge in [0.25, 0.3) is 5.91 Å². The SMILES string of the molecule is CC(O)CCCNC(=O)c1cccc(N)c1Br. The first-order valence-electron chi connectivity index (χ1n) is 5.52. The van der Waals surface area contributed by atoms with Crippen molar-refractivity contribution in [3.05, 3.63) is 28.2 Å². The van der Waals surface area contributed by atoms with Crippen molar-refractivity contribution < 1.29 is 9.90 Å². The highest BCUT2D eigenvalue weighted by Gasteiger charge is 2.10. The van der Waals surface area contributed by atoms with Gasteiger partial charge in [-0.3, -0.25) is 4.79 Å². The molecule has 0 saturated carbocycles. The molecule has 94 valence electrons. The topological polar surface area (TPSA) is 75.3 Å². The predicted molar refractivity (Wildman–Crippen MR) is 71.8 cm³/mol. The van der Waals surface area contributed by atoms with Gasteiger partial charge in [-0.25, -0.2) is 0 Å². The van der Waals surface area contributed by atoms with Gasteiger partial charge >= 0.3 is 0 Å². The maximum absolute atomic E-state index is 11.8. The van der Waals surface area contributed by atoms with Gasteiger partial charge < -0.3 is 16.2 Å². The van der Waals surface area contributed by atoms with Crippen LogP contribution in [0.4, 0.5) is 5.69 Å². The third-order valence-corrected chi connectivity index (χ3v) is 3.24. The molecule has 0 bridgehead atoms. The van der Waals surface area contributed by atoms with Crippen LogP contribution in [0.5, 0.6) is 0 Å². The summed E-state index contributed by atoms with van der Waals surface area (Å²) in [5.41, 5.74) is 6.77. The van der Waals surface area contributed by atoms with Crippen LogP contribution < -0.4 is 11.1 Å². The molecule has 1 aromatic rings. The van der Waals surface area contributed by atoms with Crippen molar-refractivity contribution in [2.75, 3.05) is 12.3 Å². The van der Waals surface area contributed by atoms with E-state index in [4.69, 9.17) is 10.8 Å². The summed E-state index contributed by atoms with van der Waals surface area (Å²) in [6.45, 7) is 2.28. The molecule has 0 aromatic heterocycles. The molecule has 1 rings (SSSR count). The number of hydrogen-bond acceptors (Lipinski definition) is 3. The lowest BCUT2D eigenvalue weighted by Crippen LogP contribution is -2.25. The summed E-state index contributed by atoms with van der Waals surface area (Å²) in [6.07, 6.45) is 1.10. The number of rotatable bonds is 5. The number of nitrogen functional groups attached to an aromatic ring is 1. The number of aliphatic hydroxyl groups excluding tert-OH is 1. The second-order valence-corrected chi connectivity index (χ2v) is 4.75. The average molecular weight is 301 g/mol. The molecule has 0 aliphatic heterocycles. The van der Waals surface area contributed by atoms with Crippen LogP contribution in [0.2, 0.25) is 0 Å². The first kappa shape index (κ1) is 14.0. The second kappa shape index (κ2) is 6.61. The number of halogens is 1. The Morgan fingerprint density at radius 3 is 2.94 bits per heavy atom. The fraction of sp³-hybridized carbons (Fsp3) is 0.417. The Kier molecular flexibility index (Phi) is 5.44. The zero-order valence-corrected chi connectivity index (χ0v) is 11.3. The number of anilines is 1. The molecule has 1 unspecified atom stereocenters. The van der Waals surface area contributed by atoms with Gasteiger partial charge in [0.05, 0.1) is 16.1 Å². The van der Waals surface area contributed by atoms with Crippen molar-refractivity contribution in [2.24, 2.45) is 0 Å². The third-order valence-electron chi connectivity index (χ3n) is 2.36. The maximum atomic E-state index is 11.8. The summed E-state index contributed by atoms with van der Waals surface area (Å²) in [5, 5.41) is 11.9. The fourth-order valence-electron chi connectivity index (χ4n) is 1.42. The maximum Gasteiger partial charge on any atom is 0.252 e. The largest absolute Gasteiger partial charge is 0.398 e. The van der Waals surface area contributed by atoms with E-state index < -0.39 is 0 Å². The van der Waals surface area contributed by atoms with E-state index >= 15 is 0 Å².